The summed E-state index contributed by atoms with van der Waals surface area (Å²) in [5, 5.41) is 9.11. The van der Waals surface area contributed by atoms with E-state index in [9.17, 15) is 31.1 Å². The van der Waals surface area contributed by atoms with Crippen molar-refractivity contribution in [3.63, 3.8) is 0 Å². The number of rotatable bonds is 0. The first-order valence-corrected chi connectivity index (χ1v) is 7.48. The molecule has 0 atom stereocenters. The number of benzene rings is 2. The minimum Gasteiger partial charge on any atom is -0.290 e. The van der Waals surface area contributed by atoms with E-state index in [-0.39, 0.29) is 16.7 Å². The van der Waals surface area contributed by atoms with E-state index in [0.717, 1.165) is 18.2 Å². The zero-order chi connectivity index (χ0) is 20.9. The standard InChI is InChI=1S/C19H6F6N2O/c1-27-15(8-26)16-13-6-9(18(20,21)22)2-4-11(13)12-5-3-10(19(23,24)25)7-14(12)17(16)28/h2-7H. The molecule has 140 valence electrons. The molecule has 0 unspecified atom stereocenters. The van der Waals surface area contributed by atoms with Crippen LogP contribution in [0.3, 0.4) is 0 Å². The molecule has 0 amide bonds. The van der Waals surface area contributed by atoms with E-state index >= 15 is 0 Å². The molecule has 3 nitrogen and oxygen atoms in total. The number of nitrogens with zero attached hydrogens (tertiary/aromatic N) is 2. The van der Waals surface area contributed by atoms with Crippen molar-refractivity contribution < 1.29 is 31.1 Å². The maximum Gasteiger partial charge on any atom is 0.416 e. The molecule has 9 heteroatoms. The monoisotopic (exact) mass is 392 g/mol. The van der Waals surface area contributed by atoms with Gasteiger partial charge < -0.3 is 0 Å². The Morgan fingerprint density at radius 3 is 1.75 bits per heavy atom. The molecule has 0 saturated carbocycles. The minimum atomic E-state index is -4.76. The number of carbonyl (C=O) groups excluding carboxylic acids is 1. The fourth-order valence-corrected chi connectivity index (χ4v) is 2.93. The Labute approximate surface area is 153 Å². The van der Waals surface area contributed by atoms with Gasteiger partial charge in [-0.25, -0.2) is 10.1 Å². The van der Waals surface area contributed by atoms with Crippen LogP contribution in [0.4, 0.5) is 26.3 Å². The molecule has 0 heterocycles. The number of carbonyl (C=O) groups is 1. The smallest absolute Gasteiger partial charge is 0.290 e. The molecular weight excluding hydrogens is 386 g/mol. The summed E-state index contributed by atoms with van der Waals surface area (Å²) >= 11 is 0. The molecule has 2 aromatic rings. The highest BCUT2D eigenvalue weighted by Crippen LogP contribution is 2.44. The van der Waals surface area contributed by atoms with Crippen LogP contribution in [0.25, 0.3) is 21.5 Å². The van der Waals surface area contributed by atoms with Crippen molar-refractivity contribution in [1.29, 1.82) is 5.26 Å². The third-order valence-electron chi connectivity index (χ3n) is 4.18. The number of ketones is 1. The van der Waals surface area contributed by atoms with Crippen molar-refractivity contribution in [3.05, 3.63) is 75.8 Å². The maximum atomic E-state index is 13.1. The molecule has 0 aliphatic heterocycles. The molecule has 0 radical (unpaired) electrons. The van der Waals surface area contributed by atoms with E-state index in [0.29, 0.717) is 18.2 Å². The van der Waals surface area contributed by atoms with Gasteiger partial charge in [-0.15, -0.1) is 0 Å². The zero-order valence-corrected chi connectivity index (χ0v) is 13.5. The maximum absolute atomic E-state index is 13.1. The molecule has 28 heavy (non-hydrogen) atoms. The molecule has 0 N–H and O–H groups in total. The van der Waals surface area contributed by atoms with Crippen molar-refractivity contribution in [2.45, 2.75) is 12.4 Å². The highest BCUT2D eigenvalue weighted by molar-refractivity contribution is 6.35. The van der Waals surface area contributed by atoms with Crippen LogP contribution in [0.5, 0.6) is 0 Å². The van der Waals surface area contributed by atoms with Gasteiger partial charge >= 0.3 is 12.4 Å². The molecule has 0 fully saturated rings. The Kier molecular flexibility index (Phi) is 4.27. The minimum absolute atomic E-state index is 0.00672. The SMILES string of the molecule is [C-]#[N+]C(C#N)=C1C(=O)c2cc(C(F)(F)F)ccc2-c2ccc(C(F)(F)F)cc21. The number of nitriles is 1. The summed E-state index contributed by atoms with van der Waals surface area (Å²) in [5.74, 6) is -1.11. The van der Waals surface area contributed by atoms with Crippen LogP contribution >= 0.6 is 0 Å². The Morgan fingerprint density at radius 1 is 0.857 bits per heavy atom. The quantitative estimate of drug-likeness (QED) is 0.248. The summed E-state index contributed by atoms with van der Waals surface area (Å²) < 4.78 is 78.2. The third-order valence-corrected chi connectivity index (χ3v) is 4.18. The van der Waals surface area contributed by atoms with Crippen LogP contribution in [0, 0.1) is 17.9 Å². The van der Waals surface area contributed by atoms with Crippen LogP contribution in [0.2, 0.25) is 0 Å². The number of Topliss-reactive ketones (excluding diaryl/α,β-unsaturated/α-hetero) is 1. The number of halogens is 6. The van der Waals surface area contributed by atoms with Gasteiger partial charge in [0.15, 0.2) is 5.78 Å². The zero-order valence-electron chi connectivity index (χ0n) is 13.5. The normalized spacial score (nSPS) is 15.2. The van der Waals surface area contributed by atoms with Gasteiger partial charge in [0.25, 0.3) is 5.70 Å². The van der Waals surface area contributed by atoms with Crippen molar-refractivity contribution in [3.8, 4) is 17.2 Å². The molecule has 0 spiro atoms. The van der Waals surface area contributed by atoms with E-state index in [2.05, 4.69) is 4.85 Å². The molecular formula is C19H6F6N2O. The van der Waals surface area contributed by atoms with Gasteiger partial charge in [-0.1, -0.05) is 12.1 Å². The molecule has 0 saturated heterocycles. The topological polar surface area (TPSA) is 45.2 Å². The first kappa shape index (κ1) is 19.2. The second-order valence-electron chi connectivity index (χ2n) is 5.79. The predicted octanol–water partition coefficient (Wildman–Crippen LogP) is 5.74. The predicted molar refractivity (Wildman–Crippen MR) is 85.3 cm³/mol. The lowest BCUT2D eigenvalue weighted by Gasteiger charge is -2.24. The number of hydrogen-bond acceptors (Lipinski definition) is 2. The van der Waals surface area contributed by atoms with Crippen LogP contribution in [-0.2, 0) is 12.4 Å². The molecule has 3 rings (SSSR count). The summed E-state index contributed by atoms with van der Waals surface area (Å²) in [4.78, 5) is 15.6. The third kappa shape index (κ3) is 3.01. The highest BCUT2D eigenvalue weighted by atomic mass is 19.4. The summed E-state index contributed by atoms with van der Waals surface area (Å²) in [6.07, 6.45) is -9.51. The Hall–Kier alpha value is -3.59. The summed E-state index contributed by atoms with van der Waals surface area (Å²) in [5.41, 5.74) is -4.42. The fourth-order valence-electron chi connectivity index (χ4n) is 2.93. The van der Waals surface area contributed by atoms with Crippen LogP contribution < -0.4 is 0 Å². The molecule has 0 bridgehead atoms. The Morgan fingerprint density at radius 2 is 1.32 bits per heavy atom. The number of allylic oxidation sites excluding steroid dienone is 2. The van der Waals surface area contributed by atoms with Crippen LogP contribution in [0.1, 0.15) is 27.0 Å². The van der Waals surface area contributed by atoms with Gasteiger partial charge in [0, 0.05) is 11.1 Å². The first-order valence-electron chi connectivity index (χ1n) is 7.48. The van der Waals surface area contributed by atoms with Crippen molar-refractivity contribution in [1.82, 2.24) is 0 Å². The van der Waals surface area contributed by atoms with Crippen molar-refractivity contribution in [2.75, 3.05) is 0 Å². The summed E-state index contributed by atoms with van der Waals surface area (Å²) in [6, 6.07) is 6.04. The van der Waals surface area contributed by atoms with E-state index in [4.69, 9.17) is 11.8 Å². The molecule has 2 aromatic carbocycles. The molecule has 1 aliphatic carbocycles. The number of hydrogen-bond donors (Lipinski definition) is 0. The second-order valence-corrected chi connectivity index (χ2v) is 5.79. The van der Waals surface area contributed by atoms with Gasteiger partial charge in [-0.3, -0.25) is 4.79 Å². The average Bonchev–Trinajstić information content (AvgIpc) is 2.62. The molecule has 0 aromatic heterocycles. The fraction of sp³-hybridized carbons (Fsp3) is 0.105. The number of fused-ring (bicyclic) bond motifs is 3. The van der Waals surface area contributed by atoms with Crippen LogP contribution in [0.15, 0.2) is 42.1 Å². The number of alkyl halides is 6. The second kappa shape index (κ2) is 6.24. The van der Waals surface area contributed by atoms with E-state index in [1.807, 2.05) is 0 Å². The van der Waals surface area contributed by atoms with Crippen molar-refractivity contribution >= 4 is 11.4 Å². The Balaban J connectivity index is 2.41. The highest BCUT2D eigenvalue weighted by Gasteiger charge is 2.37. The summed E-state index contributed by atoms with van der Waals surface area (Å²) in [6.45, 7) is 7.02. The lowest BCUT2D eigenvalue weighted by atomic mass is 9.79. The lowest BCUT2D eigenvalue weighted by molar-refractivity contribution is -0.138. The van der Waals surface area contributed by atoms with Gasteiger partial charge in [0.1, 0.15) is 0 Å². The van der Waals surface area contributed by atoms with E-state index in [1.165, 1.54) is 6.07 Å². The average molecular weight is 392 g/mol. The first-order chi connectivity index (χ1) is 13.0. The van der Waals surface area contributed by atoms with E-state index in [1.54, 1.807) is 0 Å². The largest absolute Gasteiger partial charge is 0.416 e. The van der Waals surface area contributed by atoms with Gasteiger partial charge in [-0.2, -0.15) is 26.3 Å². The summed E-state index contributed by atoms with van der Waals surface area (Å²) in [7, 11) is 0. The van der Waals surface area contributed by atoms with Gasteiger partial charge in [-0.05, 0) is 41.0 Å². The lowest BCUT2D eigenvalue weighted by Crippen LogP contribution is -2.16. The van der Waals surface area contributed by atoms with Gasteiger partial charge in [0.05, 0.1) is 23.8 Å². The molecule has 1 aliphatic rings. The Bertz CT molecular complexity index is 1110. The van der Waals surface area contributed by atoms with Crippen molar-refractivity contribution in [2.24, 2.45) is 0 Å². The van der Waals surface area contributed by atoms with Crippen LogP contribution in [-0.4, -0.2) is 5.78 Å². The van der Waals surface area contributed by atoms with E-state index < -0.39 is 46.1 Å². The van der Waals surface area contributed by atoms with Gasteiger partial charge in [0.2, 0.25) is 0 Å².